The highest BCUT2D eigenvalue weighted by Crippen LogP contribution is 2.27. The Morgan fingerprint density at radius 2 is 2.05 bits per heavy atom. The molecule has 5 heteroatoms. The van der Waals surface area contributed by atoms with Crippen LogP contribution in [0, 0.1) is 11.3 Å². The van der Waals surface area contributed by atoms with Crippen molar-refractivity contribution >= 4 is 17.3 Å². The summed E-state index contributed by atoms with van der Waals surface area (Å²) >= 11 is 0. The van der Waals surface area contributed by atoms with Crippen LogP contribution in [0.15, 0.2) is 35.3 Å². The first-order valence-electron chi connectivity index (χ1n) is 5.74. The predicted molar refractivity (Wildman–Crippen MR) is 69.5 cm³/mol. The van der Waals surface area contributed by atoms with E-state index in [-0.39, 0.29) is 23.2 Å². The maximum absolute atomic E-state index is 12.1. The molecule has 2 N–H and O–H groups in total. The fraction of sp³-hybridized carbons (Fsp3) is 0.0714. The second kappa shape index (κ2) is 4.10. The van der Waals surface area contributed by atoms with E-state index in [9.17, 15) is 9.59 Å². The minimum absolute atomic E-state index is 0.109. The lowest BCUT2D eigenvalue weighted by Gasteiger charge is -2.08. The molecule has 1 aliphatic heterocycles. The summed E-state index contributed by atoms with van der Waals surface area (Å²) in [7, 11) is 0. The molecule has 19 heavy (non-hydrogen) atoms. The third-order valence-corrected chi connectivity index (χ3v) is 3.08. The Labute approximate surface area is 108 Å². The van der Waals surface area contributed by atoms with Gasteiger partial charge >= 0.3 is 0 Å². The molecule has 0 saturated carbocycles. The number of rotatable bonds is 0. The molecule has 0 amide bonds. The van der Waals surface area contributed by atoms with Crippen molar-refractivity contribution in [3.8, 4) is 6.07 Å². The van der Waals surface area contributed by atoms with Crippen LogP contribution < -0.4 is 10.7 Å². The normalized spacial score (nSPS) is 12.7. The number of pyridine rings is 1. The Morgan fingerprint density at radius 3 is 2.84 bits per heavy atom. The van der Waals surface area contributed by atoms with Crippen LogP contribution in [0.1, 0.15) is 21.5 Å². The number of nitrogens with one attached hydrogen (secondary N) is 2. The van der Waals surface area contributed by atoms with Crippen LogP contribution >= 0.6 is 0 Å². The first kappa shape index (κ1) is 11.2. The number of benzene rings is 1. The molecule has 2 aromatic rings. The maximum atomic E-state index is 12.1. The van der Waals surface area contributed by atoms with Gasteiger partial charge in [-0.25, -0.2) is 0 Å². The zero-order valence-electron chi connectivity index (χ0n) is 9.86. The predicted octanol–water partition coefficient (Wildman–Crippen LogP) is 1.73. The highest BCUT2D eigenvalue weighted by Gasteiger charge is 2.22. The summed E-state index contributed by atoms with van der Waals surface area (Å²) in [6.45, 7) is 0. The van der Waals surface area contributed by atoms with Crippen LogP contribution in [-0.4, -0.2) is 10.8 Å². The second-order valence-electron chi connectivity index (χ2n) is 4.30. The van der Waals surface area contributed by atoms with Gasteiger partial charge in [-0.05, 0) is 23.8 Å². The largest absolute Gasteiger partial charge is 0.347 e. The number of nitriles is 1. The van der Waals surface area contributed by atoms with Crippen LogP contribution in [0.25, 0.3) is 0 Å². The molecule has 0 bridgehead atoms. The molecule has 5 nitrogen and oxygen atoms in total. The molecule has 1 aromatic carbocycles. The molecule has 0 fully saturated rings. The molecule has 1 aromatic heterocycles. The molecule has 0 unspecified atom stereocenters. The molecule has 92 valence electrons. The highest BCUT2D eigenvalue weighted by atomic mass is 16.1. The van der Waals surface area contributed by atoms with Gasteiger partial charge in [0.1, 0.15) is 11.4 Å². The van der Waals surface area contributed by atoms with E-state index in [1.54, 1.807) is 18.2 Å². The Morgan fingerprint density at radius 1 is 1.21 bits per heavy atom. The van der Waals surface area contributed by atoms with Crippen LogP contribution in [0.2, 0.25) is 0 Å². The van der Waals surface area contributed by atoms with Crippen molar-refractivity contribution in [3.63, 3.8) is 0 Å². The van der Waals surface area contributed by atoms with Gasteiger partial charge in [-0.3, -0.25) is 9.59 Å². The van der Waals surface area contributed by atoms with E-state index >= 15 is 0 Å². The second-order valence-corrected chi connectivity index (χ2v) is 4.30. The summed E-state index contributed by atoms with van der Waals surface area (Å²) in [5.41, 5.74) is 1.77. The van der Waals surface area contributed by atoms with E-state index in [0.717, 1.165) is 5.69 Å². The Balaban J connectivity index is 2.20. The van der Waals surface area contributed by atoms with Gasteiger partial charge in [0, 0.05) is 24.4 Å². The van der Waals surface area contributed by atoms with Gasteiger partial charge in [-0.2, -0.15) is 5.26 Å². The molecular formula is C14H9N3O2. The van der Waals surface area contributed by atoms with Crippen LogP contribution in [0.3, 0.4) is 0 Å². The van der Waals surface area contributed by atoms with Crippen molar-refractivity contribution in [3.05, 3.63) is 57.4 Å². The average Bonchev–Trinajstić information content (AvgIpc) is 2.54. The lowest BCUT2D eigenvalue weighted by Crippen LogP contribution is -2.16. The summed E-state index contributed by atoms with van der Waals surface area (Å²) in [6.07, 6.45) is 1.61. The monoisotopic (exact) mass is 251 g/mol. The number of carbonyl (C=O) groups is 1. The van der Waals surface area contributed by atoms with Crippen molar-refractivity contribution in [1.29, 1.82) is 5.26 Å². The van der Waals surface area contributed by atoms with E-state index in [1.165, 1.54) is 12.3 Å². The lowest BCUT2D eigenvalue weighted by molar-refractivity contribution is 0.0993. The van der Waals surface area contributed by atoms with Crippen molar-refractivity contribution in [2.45, 2.75) is 6.42 Å². The quantitative estimate of drug-likeness (QED) is 0.746. The number of hydrogen-bond donors (Lipinski definition) is 2. The summed E-state index contributed by atoms with van der Waals surface area (Å²) < 4.78 is 0. The summed E-state index contributed by atoms with van der Waals surface area (Å²) in [6, 6.07) is 8.43. The zero-order valence-corrected chi connectivity index (χ0v) is 9.86. The SMILES string of the molecule is N#Cc1ccc2c(c1)CC(=O)c1c([nH]ccc1=O)N2. The number of ketones is 1. The van der Waals surface area contributed by atoms with Gasteiger partial charge in [-0.15, -0.1) is 0 Å². The third-order valence-electron chi connectivity index (χ3n) is 3.08. The number of fused-ring (bicyclic) bond motifs is 2. The summed E-state index contributed by atoms with van der Waals surface area (Å²) in [4.78, 5) is 26.8. The molecule has 2 heterocycles. The first-order valence-corrected chi connectivity index (χ1v) is 5.74. The summed E-state index contributed by atoms with van der Waals surface area (Å²) in [5.74, 6) is 0.152. The van der Waals surface area contributed by atoms with Gasteiger partial charge in [-0.1, -0.05) is 0 Å². The number of hydrogen-bond acceptors (Lipinski definition) is 4. The molecule has 1 aliphatic rings. The number of H-pyrrole nitrogens is 1. The molecule has 0 atom stereocenters. The summed E-state index contributed by atoms with van der Waals surface area (Å²) in [5, 5.41) is 11.9. The standard InChI is InChI=1S/C14H9N3O2/c15-7-8-1-2-10-9(5-8)6-12(19)13-11(18)3-4-16-14(13)17-10/h1-5H,6H2,(H2,16,17,18). The molecule has 0 saturated heterocycles. The van der Waals surface area contributed by atoms with E-state index in [0.29, 0.717) is 16.9 Å². The van der Waals surface area contributed by atoms with Gasteiger partial charge in [0.15, 0.2) is 11.2 Å². The average molecular weight is 251 g/mol. The number of carbonyl (C=O) groups excluding carboxylic acids is 1. The van der Waals surface area contributed by atoms with E-state index in [2.05, 4.69) is 10.3 Å². The number of nitrogens with zero attached hydrogens (tertiary/aromatic N) is 1. The lowest BCUT2D eigenvalue weighted by atomic mass is 10.0. The van der Waals surface area contributed by atoms with Crippen molar-refractivity contribution in [1.82, 2.24) is 4.98 Å². The molecular weight excluding hydrogens is 242 g/mol. The molecule has 0 radical (unpaired) electrons. The Hall–Kier alpha value is -2.87. The minimum Gasteiger partial charge on any atom is -0.347 e. The Bertz CT molecular complexity index is 784. The molecule has 3 rings (SSSR count). The number of anilines is 2. The van der Waals surface area contributed by atoms with Gasteiger partial charge in [0.25, 0.3) is 0 Å². The van der Waals surface area contributed by atoms with Crippen LogP contribution in [0.5, 0.6) is 0 Å². The van der Waals surface area contributed by atoms with Crippen molar-refractivity contribution in [2.75, 3.05) is 5.32 Å². The smallest absolute Gasteiger partial charge is 0.194 e. The maximum Gasteiger partial charge on any atom is 0.194 e. The fourth-order valence-electron chi connectivity index (χ4n) is 2.18. The van der Waals surface area contributed by atoms with E-state index < -0.39 is 0 Å². The Kier molecular flexibility index (Phi) is 2.43. The molecule has 0 aliphatic carbocycles. The number of aromatic nitrogens is 1. The van der Waals surface area contributed by atoms with Crippen molar-refractivity contribution < 1.29 is 4.79 Å². The van der Waals surface area contributed by atoms with Gasteiger partial charge < -0.3 is 10.3 Å². The van der Waals surface area contributed by atoms with Gasteiger partial charge in [0.2, 0.25) is 0 Å². The third kappa shape index (κ3) is 1.79. The first-order chi connectivity index (χ1) is 9.19. The highest BCUT2D eigenvalue weighted by molar-refractivity contribution is 6.04. The minimum atomic E-state index is -0.306. The van der Waals surface area contributed by atoms with Gasteiger partial charge in [0.05, 0.1) is 11.6 Å². The van der Waals surface area contributed by atoms with E-state index in [1.807, 2.05) is 6.07 Å². The van der Waals surface area contributed by atoms with Crippen LogP contribution in [0.4, 0.5) is 11.5 Å². The topological polar surface area (TPSA) is 85.8 Å². The van der Waals surface area contributed by atoms with Crippen molar-refractivity contribution in [2.24, 2.45) is 0 Å². The van der Waals surface area contributed by atoms with Crippen LogP contribution in [-0.2, 0) is 6.42 Å². The number of aromatic amines is 1. The fourth-order valence-corrected chi connectivity index (χ4v) is 2.18. The number of Topliss-reactive ketones (excluding diaryl/α,β-unsaturated/α-hetero) is 1. The zero-order chi connectivity index (χ0) is 13.4. The van der Waals surface area contributed by atoms with E-state index in [4.69, 9.17) is 5.26 Å². The molecule has 0 spiro atoms.